The van der Waals surface area contributed by atoms with Gasteiger partial charge in [-0.1, -0.05) is 20.8 Å². The van der Waals surface area contributed by atoms with Gasteiger partial charge in [0.2, 0.25) is 0 Å². The van der Waals surface area contributed by atoms with E-state index in [4.69, 9.17) is 0 Å². The van der Waals surface area contributed by atoms with E-state index in [2.05, 4.69) is 48.5 Å². The number of rotatable bonds is 5. The first-order valence-corrected chi connectivity index (χ1v) is 6.13. The molecule has 0 aliphatic rings. The van der Waals surface area contributed by atoms with Crippen molar-refractivity contribution in [1.82, 2.24) is 0 Å². The minimum Gasteiger partial charge on any atom is -0.322 e. The van der Waals surface area contributed by atoms with Crippen LogP contribution in [0.2, 0.25) is 0 Å². The Morgan fingerprint density at radius 2 is 1.43 bits per heavy atom. The van der Waals surface area contributed by atoms with Gasteiger partial charge in [0.25, 0.3) is 0 Å². The third-order valence-corrected chi connectivity index (χ3v) is 3.66. The van der Waals surface area contributed by atoms with E-state index in [0.717, 1.165) is 6.04 Å². The summed E-state index contributed by atoms with van der Waals surface area (Å²) < 4.78 is 1.28. The minimum absolute atomic E-state index is 0.475. The molecule has 0 spiro atoms. The van der Waals surface area contributed by atoms with Gasteiger partial charge < -0.3 is 4.48 Å². The molecule has 0 aromatic carbocycles. The highest BCUT2D eigenvalue weighted by Gasteiger charge is 2.28. The smallest absolute Gasteiger partial charge is 0.0833 e. The van der Waals surface area contributed by atoms with Crippen LogP contribution in [0, 0.1) is 5.41 Å². The predicted molar refractivity (Wildman–Crippen MR) is 65.4 cm³/mol. The fourth-order valence-electron chi connectivity index (χ4n) is 2.09. The zero-order chi connectivity index (χ0) is 11.4. The quantitative estimate of drug-likeness (QED) is 0.594. The molecule has 0 aromatic rings. The van der Waals surface area contributed by atoms with Gasteiger partial charge in [0.15, 0.2) is 0 Å². The Balaban J connectivity index is 4.37. The van der Waals surface area contributed by atoms with Crippen molar-refractivity contribution in [2.24, 2.45) is 5.41 Å². The van der Waals surface area contributed by atoms with Gasteiger partial charge in [0.05, 0.1) is 25.7 Å². The van der Waals surface area contributed by atoms with Gasteiger partial charge >= 0.3 is 0 Å². The molecule has 0 heterocycles. The third-order valence-electron chi connectivity index (χ3n) is 3.66. The molecule has 1 nitrogen and oxygen atoms in total. The molecule has 0 saturated carbocycles. The first kappa shape index (κ1) is 14.0. The number of quaternary nitrogens is 1. The molecule has 0 N–H and O–H groups in total. The van der Waals surface area contributed by atoms with Crippen molar-refractivity contribution in [3.05, 3.63) is 0 Å². The molecule has 0 atom stereocenters. The van der Waals surface area contributed by atoms with E-state index in [0.29, 0.717) is 5.41 Å². The SMILES string of the molecule is CC[N+](CC)(CCC(C)(C)C)C(C)C. The van der Waals surface area contributed by atoms with Crippen LogP contribution in [0.4, 0.5) is 0 Å². The maximum atomic E-state index is 2.36. The van der Waals surface area contributed by atoms with Crippen LogP contribution in [0.15, 0.2) is 0 Å². The van der Waals surface area contributed by atoms with Crippen LogP contribution in [0.5, 0.6) is 0 Å². The first-order valence-electron chi connectivity index (χ1n) is 6.13. The maximum absolute atomic E-state index is 2.36. The molecule has 14 heavy (non-hydrogen) atoms. The lowest BCUT2D eigenvalue weighted by Gasteiger charge is -2.42. The molecule has 0 saturated heterocycles. The van der Waals surface area contributed by atoms with E-state index in [9.17, 15) is 0 Å². The lowest BCUT2D eigenvalue weighted by atomic mass is 9.91. The zero-order valence-electron chi connectivity index (χ0n) is 11.4. The Kier molecular flexibility index (Phi) is 5.14. The van der Waals surface area contributed by atoms with Crippen molar-refractivity contribution < 1.29 is 4.48 Å². The van der Waals surface area contributed by atoms with Crippen molar-refractivity contribution in [3.63, 3.8) is 0 Å². The van der Waals surface area contributed by atoms with Gasteiger partial charge in [-0.2, -0.15) is 0 Å². The van der Waals surface area contributed by atoms with E-state index in [-0.39, 0.29) is 0 Å². The summed E-state index contributed by atoms with van der Waals surface area (Å²) in [5.41, 5.74) is 0.475. The highest BCUT2D eigenvalue weighted by molar-refractivity contribution is 4.61. The van der Waals surface area contributed by atoms with Crippen molar-refractivity contribution in [2.75, 3.05) is 19.6 Å². The summed E-state index contributed by atoms with van der Waals surface area (Å²) in [7, 11) is 0. The van der Waals surface area contributed by atoms with Crippen molar-refractivity contribution in [2.45, 2.75) is 60.9 Å². The second-order valence-corrected chi connectivity index (χ2v) is 5.98. The van der Waals surface area contributed by atoms with Crippen LogP contribution in [0.1, 0.15) is 54.9 Å². The van der Waals surface area contributed by atoms with Crippen LogP contribution in [-0.4, -0.2) is 30.2 Å². The first-order chi connectivity index (χ1) is 6.27. The van der Waals surface area contributed by atoms with Crippen molar-refractivity contribution in [3.8, 4) is 0 Å². The Morgan fingerprint density at radius 3 is 1.64 bits per heavy atom. The van der Waals surface area contributed by atoms with Gasteiger partial charge in [-0.3, -0.25) is 0 Å². The van der Waals surface area contributed by atoms with Crippen molar-refractivity contribution >= 4 is 0 Å². The Labute approximate surface area is 91.1 Å². The number of hydrogen-bond donors (Lipinski definition) is 0. The van der Waals surface area contributed by atoms with Crippen LogP contribution in [0.25, 0.3) is 0 Å². The largest absolute Gasteiger partial charge is 0.322 e. The van der Waals surface area contributed by atoms with E-state index in [1.165, 1.54) is 30.5 Å². The van der Waals surface area contributed by atoms with E-state index < -0.39 is 0 Å². The molecule has 0 fully saturated rings. The lowest BCUT2D eigenvalue weighted by Crippen LogP contribution is -2.54. The molecule has 86 valence electrons. The van der Waals surface area contributed by atoms with E-state index in [1.54, 1.807) is 0 Å². The minimum atomic E-state index is 0.475. The highest BCUT2D eigenvalue weighted by atomic mass is 15.4. The second kappa shape index (κ2) is 5.16. The van der Waals surface area contributed by atoms with Gasteiger partial charge in [-0.25, -0.2) is 0 Å². The van der Waals surface area contributed by atoms with Gasteiger partial charge in [0, 0.05) is 6.42 Å². The van der Waals surface area contributed by atoms with Crippen LogP contribution in [0.3, 0.4) is 0 Å². The number of nitrogens with zero attached hydrogens (tertiary/aromatic N) is 1. The van der Waals surface area contributed by atoms with Crippen LogP contribution in [-0.2, 0) is 0 Å². The van der Waals surface area contributed by atoms with Gasteiger partial charge in [-0.15, -0.1) is 0 Å². The predicted octanol–water partition coefficient (Wildman–Crippen LogP) is 3.69. The molecule has 0 bridgehead atoms. The van der Waals surface area contributed by atoms with Gasteiger partial charge in [-0.05, 0) is 33.1 Å². The molecule has 0 aliphatic carbocycles. The Hall–Kier alpha value is -0.0400. The molecular formula is C13H30N+. The molecule has 0 radical (unpaired) electrons. The monoisotopic (exact) mass is 200 g/mol. The molecule has 0 aromatic heterocycles. The number of hydrogen-bond acceptors (Lipinski definition) is 0. The molecule has 1 heteroatoms. The topological polar surface area (TPSA) is 0 Å². The van der Waals surface area contributed by atoms with E-state index in [1.807, 2.05) is 0 Å². The Morgan fingerprint density at radius 1 is 1.00 bits per heavy atom. The molecule has 0 rings (SSSR count). The standard InChI is InChI=1S/C13H30N/c1-8-14(9-2,12(3)4)11-10-13(5,6)7/h12H,8-11H2,1-7H3/q+1. The average molecular weight is 200 g/mol. The fourth-order valence-corrected chi connectivity index (χ4v) is 2.09. The second-order valence-electron chi connectivity index (χ2n) is 5.98. The summed E-state index contributed by atoms with van der Waals surface area (Å²) in [6.07, 6.45) is 1.33. The average Bonchev–Trinajstić information content (AvgIpc) is 2.04. The molecule has 0 aliphatic heterocycles. The summed E-state index contributed by atoms with van der Waals surface area (Å²) in [6.45, 7) is 20.3. The van der Waals surface area contributed by atoms with E-state index >= 15 is 0 Å². The van der Waals surface area contributed by atoms with Crippen LogP contribution < -0.4 is 0 Å². The summed E-state index contributed by atoms with van der Waals surface area (Å²) >= 11 is 0. The third kappa shape index (κ3) is 4.00. The normalized spacial score (nSPS) is 13.7. The maximum Gasteiger partial charge on any atom is 0.0833 e. The van der Waals surface area contributed by atoms with Gasteiger partial charge in [0.1, 0.15) is 0 Å². The lowest BCUT2D eigenvalue weighted by molar-refractivity contribution is -0.945. The summed E-state index contributed by atoms with van der Waals surface area (Å²) in [5.74, 6) is 0. The molecule has 0 unspecified atom stereocenters. The zero-order valence-corrected chi connectivity index (χ0v) is 11.4. The van der Waals surface area contributed by atoms with Crippen LogP contribution >= 0.6 is 0 Å². The molecule has 0 amide bonds. The summed E-state index contributed by atoms with van der Waals surface area (Å²) in [4.78, 5) is 0. The summed E-state index contributed by atoms with van der Waals surface area (Å²) in [5, 5.41) is 0. The fraction of sp³-hybridized carbons (Fsp3) is 1.00. The highest BCUT2D eigenvalue weighted by Crippen LogP contribution is 2.23. The molecular weight excluding hydrogens is 170 g/mol. The van der Waals surface area contributed by atoms with Crippen molar-refractivity contribution in [1.29, 1.82) is 0 Å². The Bertz CT molecular complexity index is 149. The summed E-state index contributed by atoms with van der Waals surface area (Å²) in [6, 6.07) is 0.757.